The van der Waals surface area contributed by atoms with Gasteiger partial charge in [-0.3, -0.25) is 4.79 Å². The maximum absolute atomic E-state index is 14.2. The maximum atomic E-state index is 14.2. The van der Waals surface area contributed by atoms with E-state index in [-0.39, 0.29) is 17.5 Å². The van der Waals surface area contributed by atoms with Crippen LogP contribution in [0.25, 0.3) is 0 Å². The zero-order valence-electron chi connectivity index (χ0n) is 11.2. The lowest BCUT2D eigenvalue weighted by Gasteiger charge is -2.37. The lowest BCUT2D eigenvalue weighted by molar-refractivity contribution is -0.128. The van der Waals surface area contributed by atoms with Gasteiger partial charge in [-0.25, -0.2) is 4.39 Å². The minimum Gasteiger partial charge on any atom is -0.497 e. The third-order valence-electron chi connectivity index (χ3n) is 4.48. The number of carbonyl (C=O) groups is 1. The monoisotopic (exact) mass is 260 g/mol. The molecule has 2 bridgehead atoms. The number of Topliss-reactive ketones (excluding diaryl/α,β-unsaturated/α-hetero) is 1. The van der Waals surface area contributed by atoms with Crippen molar-refractivity contribution < 1.29 is 13.9 Å². The summed E-state index contributed by atoms with van der Waals surface area (Å²) in [6.45, 7) is 1.93. The molecule has 0 aliphatic heterocycles. The number of allylic oxidation sites excluding steroid dienone is 2. The first kappa shape index (κ1) is 12.4. The van der Waals surface area contributed by atoms with Gasteiger partial charge >= 0.3 is 0 Å². The Labute approximate surface area is 112 Å². The summed E-state index contributed by atoms with van der Waals surface area (Å²) in [6.07, 6.45) is 5.96. The van der Waals surface area contributed by atoms with Gasteiger partial charge in [0.15, 0.2) is 0 Å². The third-order valence-corrected chi connectivity index (χ3v) is 4.48. The second-order valence-electron chi connectivity index (χ2n) is 5.64. The molecule has 19 heavy (non-hydrogen) atoms. The summed E-state index contributed by atoms with van der Waals surface area (Å²) < 4.78 is 19.4. The van der Waals surface area contributed by atoms with E-state index in [2.05, 4.69) is 6.08 Å². The molecule has 0 N–H and O–H groups in total. The molecule has 0 spiro atoms. The molecule has 1 aromatic carbocycles. The first-order valence-corrected chi connectivity index (χ1v) is 6.62. The van der Waals surface area contributed by atoms with Crippen LogP contribution < -0.4 is 4.74 Å². The Morgan fingerprint density at radius 1 is 1.37 bits per heavy atom. The molecule has 0 aromatic heterocycles. The smallest absolute Gasteiger partial charge is 0.147 e. The largest absolute Gasteiger partial charge is 0.497 e. The summed E-state index contributed by atoms with van der Waals surface area (Å²) in [5, 5.41) is 0. The SMILES string of the molecule is COc1cc(F)c2c(c1)C1(C)CC=CCC(C2)C1=O. The van der Waals surface area contributed by atoms with Crippen molar-refractivity contribution in [3.63, 3.8) is 0 Å². The maximum Gasteiger partial charge on any atom is 0.147 e. The Bertz CT molecular complexity index is 576. The average molecular weight is 260 g/mol. The number of methoxy groups -OCH3 is 1. The molecule has 3 rings (SSSR count). The van der Waals surface area contributed by atoms with E-state index in [0.29, 0.717) is 24.2 Å². The van der Waals surface area contributed by atoms with Crippen molar-refractivity contribution in [3.8, 4) is 5.75 Å². The fourth-order valence-corrected chi connectivity index (χ4v) is 3.33. The van der Waals surface area contributed by atoms with Crippen LogP contribution in [0.5, 0.6) is 5.75 Å². The summed E-state index contributed by atoms with van der Waals surface area (Å²) in [5.74, 6) is 0.383. The van der Waals surface area contributed by atoms with Crippen molar-refractivity contribution in [3.05, 3.63) is 41.2 Å². The van der Waals surface area contributed by atoms with E-state index in [1.54, 1.807) is 0 Å². The topological polar surface area (TPSA) is 26.3 Å². The predicted molar refractivity (Wildman–Crippen MR) is 70.9 cm³/mol. The van der Waals surface area contributed by atoms with E-state index in [4.69, 9.17) is 4.74 Å². The molecule has 0 radical (unpaired) electrons. The van der Waals surface area contributed by atoms with Crippen molar-refractivity contribution >= 4 is 5.78 Å². The molecule has 0 amide bonds. The molecule has 2 aliphatic carbocycles. The average Bonchev–Trinajstić information content (AvgIpc) is 2.49. The van der Waals surface area contributed by atoms with Crippen molar-refractivity contribution in [2.75, 3.05) is 7.11 Å². The van der Waals surface area contributed by atoms with E-state index in [1.165, 1.54) is 13.2 Å². The number of hydrogen-bond acceptors (Lipinski definition) is 2. The van der Waals surface area contributed by atoms with Crippen LogP contribution in [0.3, 0.4) is 0 Å². The molecular formula is C16H17FO2. The van der Waals surface area contributed by atoms with Crippen molar-refractivity contribution in [1.29, 1.82) is 0 Å². The summed E-state index contributed by atoms with van der Waals surface area (Å²) in [7, 11) is 1.52. The second-order valence-corrected chi connectivity index (χ2v) is 5.64. The quantitative estimate of drug-likeness (QED) is 0.725. The van der Waals surface area contributed by atoms with Gasteiger partial charge in [0.05, 0.1) is 12.5 Å². The lowest BCUT2D eigenvalue weighted by atomic mass is 9.65. The van der Waals surface area contributed by atoms with Crippen LogP contribution in [0.2, 0.25) is 0 Å². The summed E-state index contributed by atoms with van der Waals surface area (Å²) in [5.41, 5.74) is 0.884. The predicted octanol–water partition coefficient (Wildman–Crippen LogP) is 3.18. The highest BCUT2D eigenvalue weighted by atomic mass is 19.1. The van der Waals surface area contributed by atoms with Gasteiger partial charge in [-0.05, 0) is 43.4 Å². The number of rotatable bonds is 1. The number of ether oxygens (including phenoxy) is 1. The van der Waals surface area contributed by atoms with Crippen LogP contribution in [-0.4, -0.2) is 12.9 Å². The number of benzene rings is 1. The summed E-state index contributed by atoms with van der Waals surface area (Å²) >= 11 is 0. The molecule has 1 aromatic rings. The van der Waals surface area contributed by atoms with Gasteiger partial charge in [0.25, 0.3) is 0 Å². The summed E-state index contributed by atoms with van der Waals surface area (Å²) in [4.78, 5) is 12.6. The molecule has 2 aliphatic rings. The van der Waals surface area contributed by atoms with E-state index in [9.17, 15) is 9.18 Å². The zero-order chi connectivity index (χ0) is 13.6. The zero-order valence-corrected chi connectivity index (χ0v) is 11.2. The van der Waals surface area contributed by atoms with Gasteiger partial charge in [-0.1, -0.05) is 12.2 Å². The normalized spacial score (nSPS) is 28.8. The van der Waals surface area contributed by atoms with Crippen molar-refractivity contribution in [2.24, 2.45) is 5.92 Å². The molecule has 2 atom stereocenters. The summed E-state index contributed by atoms with van der Waals surface area (Å²) in [6, 6.07) is 3.24. The van der Waals surface area contributed by atoms with E-state index in [1.807, 2.05) is 19.1 Å². The molecule has 3 heteroatoms. The highest BCUT2D eigenvalue weighted by molar-refractivity contribution is 5.94. The molecular weight excluding hydrogens is 243 g/mol. The molecule has 2 unspecified atom stereocenters. The van der Waals surface area contributed by atoms with Crippen LogP contribution in [0.4, 0.5) is 4.39 Å². The Hall–Kier alpha value is -1.64. The molecule has 0 saturated heterocycles. The van der Waals surface area contributed by atoms with E-state index >= 15 is 0 Å². The molecule has 0 saturated carbocycles. The number of hydrogen-bond donors (Lipinski definition) is 0. The van der Waals surface area contributed by atoms with Crippen molar-refractivity contribution in [1.82, 2.24) is 0 Å². The van der Waals surface area contributed by atoms with Crippen LogP contribution >= 0.6 is 0 Å². The Morgan fingerprint density at radius 3 is 2.89 bits per heavy atom. The minimum atomic E-state index is -0.610. The van der Waals surface area contributed by atoms with Gasteiger partial charge in [0.2, 0.25) is 0 Å². The lowest BCUT2D eigenvalue weighted by Crippen LogP contribution is -2.42. The number of fused-ring (bicyclic) bond motifs is 4. The van der Waals surface area contributed by atoms with Crippen molar-refractivity contribution in [2.45, 2.75) is 31.6 Å². The molecule has 100 valence electrons. The second kappa shape index (κ2) is 4.19. The van der Waals surface area contributed by atoms with Crippen LogP contribution in [0.15, 0.2) is 24.3 Å². The van der Waals surface area contributed by atoms with Gasteiger partial charge in [-0.15, -0.1) is 0 Å². The number of ketones is 1. The Balaban J connectivity index is 2.24. The molecule has 0 heterocycles. The molecule has 0 fully saturated rings. The fraction of sp³-hybridized carbons (Fsp3) is 0.438. The molecule has 2 nitrogen and oxygen atoms in total. The highest BCUT2D eigenvalue weighted by Crippen LogP contribution is 2.44. The Kier molecular flexibility index (Phi) is 2.73. The van der Waals surface area contributed by atoms with Gasteiger partial charge in [0.1, 0.15) is 17.3 Å². The minimum absolute atomic E-state index is 0.0841. The van der Waals surface area contributed by atoms with Gasteiger partial charge < -0.3 is 4.74 Å². The van der Waals surface area contributed by atoms with E-state index < -0.39 is 5.41 Å². The first-order chi connectivity index (χ1) is 9.06. The number of carbonyl (C=O) groups excluding carboxylic acids is 1. The van der Waals surface area contributed by atoms with Crippen LogP contribution in [0, 0.1) is 11.7 Å². The standard InChI is InChI=1S/C16H17FO2/c1-16-6-4-3-5-10(15(16)18)7-12-13(16)8-11(19-2)9-14(12)17/h3-4,8-10H,5-7H2,1-2H3. The van der Waals surface area contributed by atoms with Gasteiger partial charge in [0, 0.05) is 12.0 Å². The van der Waals surface area contributed by atoms with Crippen LogP contribution in [0.1, 0.15) is 30.9 Å². The van der Waals surface area contributed by atoms with E-state index in [0.717, 1.165) is 12.0 Å². The number of halogens is 1. The third kappa shape index (κ3) is 1.71. The van der Waals surface area contributed by atoms with Crippen LogP contribution in [-0.2, 0) is 16.6 Å². The fourth-order valence-electron chi connectivity index (χ4n) is 3.33. The highest BCUT2D eigenvalue weighted by Gasteiger charge is 2.45. The Morgan fingerprint density at radius 2 is 2.16 bits per heavy atom. The van der Waals surface area contributed by atoms with Gasteiger partial charge in [-0.2, -0.15) is 0 Å². The first-order valence-electron chi connectivity index (χ1n) is 6.62.